The molecular formula is C28H26N6O4S2. The van der Waals surface area contributed by atoms with Crippen molar-refractivity contribution in [1.82, 2.24) is 20.3 Å². The Bertz CT molecular complexity index is 1760. The van der Waals surface area contributed by atoms with Crippen LogP contribution in [0.1, 0.15) is 26.8 Å². The first-order valence-electron chi connectivity index (χ1n) is 12.3. The number of thiophene rings is 1. The first-order chi connectivity index (χ1) is 19.2. The molecule has 0 bridgehead atoms. The van der Waals surface area contributed by atoms with Crippen LogP contribution in [0, 0.1) is 13.8 Å². The van der Waals surface area contributed by atoms with Crippen molar-refractivity contribution < 1.29 is 18.0 Å². The summed E-state index contributed by atoms with van der Waals surface area (Å²) in [6.45, 7) is 3.43. The molecular weight excluding hydrogens is 548 g/mol. The number of benzene rings is 2. The number of hydrogen-bond donors (Lipinski definition) is 4. The zero-order valence-corrected chi connectivity index (χ0v) is 23.3. The Morgan fingerprint density at radius 3 is 2.50 bits per heavy atom. The molecule has 0 spiro atoms. The minimum absolute atomic E-state index is 0.000702. The number of fused-ring (bicyclic) bond motifs is 1. The highest BCUT2D eigenvalue weighted by Gasteiger charge is 2.24. The molecule has 3 heterocycles. The van der Waals surface area contributed by atoms with E-state index in [1.54, 1.807) is 31.4 Å². The molecule has 0 radical (unpaired) electrons. The lowest BCUT2D eigenvalue weighted by molar-refractivity contribution is -0.118. The monoisotopic (exact) mass is 574 g/mol. The van der Waals surface area contributed by atoms with Crippen molar-refractivity contribution in [2.45, 2.75) is 31.2 Å². The van der Waals surface area contributed by atoms with E-state index in [-0.39, 0.29) is 23.0 Å². The minimum Gasteiger partial charge on any atom is -0.361 e. The van der Waals surface area contributed by atoms with Crippen molar-refractivity contribution in [3.05, 3.63) is 100 Å². The lowest BCUT2D eigenvalue weighted by Gasteiger charge is -2.18. The van der Waals surface area contributed by atoms with Gasteiger partial charge in [-0.15, -0.1) is 11.3 Å². The van der Waals surface area contributed by atoms with E-state index >= 15 is 0 Å². The third-order valence-electron chi connectivity index (χ3n) is 6.10. The average Bonchev–Trinajstić information content (AvgIpc) is 3.59. The third-order valence-corrected chi connectivity index (χ3v) is 8.34. The topological polar surface area (TPSA) is 146 Å². The highest BCUT2D eigenvalue weighted by Crippen LogP contribution is 2.21. The van der Waals surface area contributed by atoms with E-state index in [0.717, 1.165) is 16.5 Å². The van der Waals surface area contributed by atoms with Crippen molar-refractivity contribution in [1.29, 1.82) is 0 Å². The minimum atomic E-state index is -3.92. The number of rotatable bonds is 9. The van der Waals surface area contributed by atoms with Gasteiger partial charge < -0.3 is 15.6 Å². The first-order valence-corrected chi connectivity index (χ1v) is 14.7. The summed E-state index contributed by atoms with van der Waals surface area (Å²) in [7, 11) is -3.92. The predicted octanol–water partition coefficient (Wildman–Crippen LogP) is 4.42. The number of carbonyl (C=O) groups is 2. The van der Waals surface area contributed by atoms with Crippen LogP contribution < -0.4 is 15.4 Å². The number of sulfonamides is 1. The highest BCUT2D eigenvalue weighted by molar-refractivity contribution is 7.92. The molecule has 10 nitrogen and oxygen atoms in total. The van der Waals surface area contributed by atoms with Crippen LogP contribution in [-0.2, 0) is 21.2 Å². The third kappa shape index (κ3) is 6.19. The average molecular weight is 575 g/mol. The Morgan fingerprint density at radius 1 is 1.00 bits per heavy atom. The SMILES string of the molecule is Cc1cc(NS(=O)(=O)c2ccc(NC(=O)[C@H](Cc3c[nH]c4ccccc34)NC(=O)c3cccs3)cc2)nc(C)n1. The van der Waals surface area contributed by atoms with Gasteiger partial charge in [0.25, 0.3) is 15.9 Å². The van der Waals surface area contributed by atoms with E-state index in [1.165, 1.54) is 41.7 Å². The predicted molar refractivity (Wildman–Crippen MR) is 155 cm³/mol. The summed E-state index contributed by atoms with van der Waals surface area (Å²) in [5.74, 6) is -0.165. The number of carbonyl (C=O) groups excluding carboxylic acids is 2. The number of aromatic nitrogens is 3. The van der Waals surface area contributed by atoms with Gasteiger partial charge in [-0.05, 0) is 61.2 Å². The second-order valence-corrected chi connectivity index (χ2v) is 11.8. The Kier molecular flexibility index (Phi) is 7.63. The molecule has 0 fully saturated rings. The number of amides is 2. The van der Waals surface area contributed by atoms with Crippen LogP contribution in [0.25, 0.3) is 10.9 Å². The molecule has 12 heteroatoms. The Balaban J connectivity index is 1.33. The number of aromatic amines is 1. The summed E-state index contributed by atoms with van der Waals surface area (Å²) in [4.78, 5) is 38.2. The molecule has 0 unspecified atom stereocenters. The van der Waals surface area contributed by atoms with Crippen LogP contribution in [0.3, 0.4) is 0 Å². The maximum Gasteiger partial charge on any atom is 0.263 e. The van der Waals surface area contributed by atoms with Crippen LogP contribution in [0.15, 0.2) is 83.2 Å². The molecule has 5 aromatic rings. The van der Waals surface area contributed by atoms with Gasteiger partial charge in [-0.25, -0.2) is 18.4 Å². The van der Waals surface area contributed by atoms with Gasteiger partial charge >= 0.3 is 0 Å². The fourth-order valence-electron chi connectivity index (χ4n) is 4.28. The Morgan fingerprint density at radius 2 is 1.77 bits per heavy atom. The van der Waals surface area contributed by atoms with Crippen molar-refractivity contribution in [2.24, 2.45) is 0 Å². The van der Waals surface area contributed by atoms with Crippen LogP contribution in [0.5, 0.6) is 0 Å². The summed E-state index contributed by atoms with van der Waals surface area (Å²) in [6, 6.07) is 17.6. The second-order valence-electron chi connectivity index (χ2n) is 9.13. The number of para-hydroxylation sites is 1. The molecule has 204 valence electrons. The zero-order chi connectivity index (χ0) is 28.3. The van der Waals surface area contributed by atoms with Crippen LogP contribution in [0.4, 0.5) is 11.5 Å². The first kappa shape index (κ1) is 27.0. The van der Waals surface area contributed by atoms with E-state index < -0.39 is 22.0 Å². The van der Waals surface area contributed by atoms with E-state index in [4.69, 9.17) is 0 Å². The zero-order valence-electron chi connectivity index (χ0n) is 21.6. The van der Waals surface area contributed by atoms with Gasteiger partial charge in [-0.3, -0.25) is 14.3 Å². The summed E-state index contributed by atoms with van der Waals surface area (Å²) >= 11 is 1.28. The van der Waals surface area contributed by atoms with E-state index in [9.17, 15) is 18.0 Å². The van der Waals surface area contributed by atoms with Gasteiger partial charge in [0, 0.05) is 41.0 Å². The molecule has 0 aliphatic rings. The summed E-state index contributed by atoms with van der Waals surface area (Å²) in [5, 5.41) is 8.40. The summed E-state index contributed by atoms with van der Waals surface area (Å²) < 4.78 is 28.2. The molecule has 0 saturated heterocycles. The van der Waals surface area contributed by atoms with Gasteiger partial charge in [0.1, 0.15) is 17.7 Å². The lowest BCUT2D eigenvalue weighted by atomic mass is 10.0. The van der Waals surface area contributed by atoms with Gasteiger partial charge in [-0.1, -0.05) is 24.3 Å². The fourth-order valence-corrected chi connectivity index (χ4v) is 5.90. The number of H-pyrrole nitrogens is 1. The molecule has 3 aromatic heterocycles. The highest BCUT2D eigenvalue weighted by atomic mass is 32.2. The molecule has 2 aromatic carbocycles. The number of hydrogen-bond acceptors (Lipinski definition) is 7. The van der Waals surface area contributed by atoms with Gasteiger partial charge in [0.2, 0.25) is 5.91 Å². The molecule has 0 saturated carbocycles. The Labute approximate surface area is 234 Å². The summed E-state index contributed by atoms with van der Waals surface area (Å²) in [5.41, 5.74) is 2.83. The molecule has 40 heavy (non-hydrogen) atoms. The fraction of sp³-hybridized carbons (Fsp3) is 0.143. The Hall–Kier alpha value is -4.55. The molecule has 4 N–H and O–H groups in total. The van der Waals surface area contributed by atoms with Gasteiger partial charge in [0.15, 0.2) is 0 Å². The smallest absolute Gasteiger partial charge is 0.263 e. The quantitative estimate of drug-likeness (QED) is 0.205. The maximum atomic E-state index is 13.4. The van der Waals surface area contributed by atoms with Gasteiger partial charge in [-0.2, -0.15) is 0 Å². The molecule has 0 aliphatic heterocycles. The lowest BCUT2D eigenvalue weighted by Crippen LogP contribution is -2.45. The van der Waals surface area contributed by atoms with Crippen molar-refractivity contribution in [3.8, 4) is 0 Å². The van der Waals surface area contributed by atoms with E-state index in [2.05, 4.69) is 30.3 Å². The standard InChI is InChI=1S/C28H26N6O4S2/c1-17-14-26(31-18(2)30-17)34-40(37,38)21-11-9-20(10-12-21)32-27(35)24(33-28(36)25-8-5-13-39-25)15-19-16-29-23-7-4-3-6-22(19)23/h3-14,16,24,29H,15H2,1-2H3,(H,32,35)(H,33,36)(H,30,31,34)/t24-/m0/s1. The molecule has 5 rings (SSSR count). The van der Waals surface area contributed by atoms with Crippen molar-refractivity contribution >= 4 is 55.6 Å². The van der Waals surface area contributed by atoms with Crippen LogP contribution in [0.2, 0.25) is 0 Å². The van der Waals surface area contributed by atoms with Crippen molar-refractivity contribution in [2.75, 3.05) is 10.0 Å². The number of nitrogens with zero attached hydrogens (tertiary/aromatic N) is 2. The number of nitrogens with one attached hydrogen (secondary N) is 4. The molecule has 1 atom stereocenters. The second kappa shape index (κ2) is 11.3. The largest absolute Gasteiger partial charge is 0.361 e. The van der Waals surface area contributed by atoms with E-state index in [1.807, 2.05) is 30.5 Å². The van der Waals surface area contributed by atoms with Crippen molar-refractivity contribution in [3.63, 3.8) is 0 Å². The van der Waals surface area contributed by atoms with Crippen LogP contribution in [-0.4, -0.2) is 41.2 Å². The molecule has 2 amide bonds. The summed E-state index contributed by atoms with van der Waals surface area (Å²) in [6.07, 6.45) is 2.08. The normalized spacial score (nSPS) is 12.2. The maximum absolute atomic E-state index is 13.4. The number of aryl methyl sites for hydroxylation is 2. The van der Waals surface area contributed by atoms with Crippen LogP contribution >= 0.6 is 11.3 Å². The molecule has 0 aliphatic carbocycles. The van der Waals surface area contributed by atoms with E-state index in [0.29, 0.717) is 22.1 Å². The number of anilines is 2. The van der Waals surface area contributed by atoms with Gasteiger partial charge in [0.05, 0.1) is 9.77 Å².